The van der Waals surface area contributed by atoms with Gasteiger partial charge in [-0.15, -0.1) is 0 Å². The van der Waals surface area contributed by atoms with Crippen molar-refractivity contribution in [3.63, 3.8) is 0 Å². The second-order valence-electron chi connectivity index (χ2n) is 7.82. The average Bonchev–Trinajstić information content (AvgIpc) is 3.50. The summed E-state index contributed by atoms with van der Waals surface area (Å²) in [5.41, 5.74) is 3.07. The van der Waals surface area contributed by atoms with E-state index in [0.717, 1.165) is 16.8 Å². The van der Waals surface area contributed by atoms with E-state index < -0.39 is 5.82 Å². The zero-order valence-corrected chi connectivity index (χ0v) is 18.2. The summed E-state index contributed by atoms with van der Waals surface area (Å²) in [7, 11) is 0. The Bertz CT molecular complexity index is 1300. The first-order valence-corrected chi connectivity index (χ1v) is 10.8. The average molecular weight is 464 g/mol. The summed E-state index contributed by atoms with van der Waals surface area (Å²) >= 11 is 5.84. The first-order valence-electron chi connectivity index (χ1n) is 10.4. The molecule has 3 heterocycles. The number of aromatic nitrogens is 2. The van der Waals surface area contributed by atoms with Crippen LogP contribution in [-0.4, -0.2) is 22.4 Å². The molecule has 0 radical (unpaired) electrons. The molecule has 1 N–H and O–H groups in total. The van der Waals surface area contributed by atoms with Crippen LogP contribution in [0.5, 0.6) is 11.5 Å². The molecule has 4 aromatic rings. The second kappa shape index (κ2) is 9.03. The van der Waals surface area contributed by atoms with Crippen molar-refractivity contribution in [3.8, 4) is 34.2 Å². The number of rotatable bonds is 6. The van der Waals surface area contributed by atoms with Crippen LogP contribution in [0.25, 0.3) is 22.7 Å². The number of nitrogens with zero attached hydrogens (tertiary/aromatic N) is 2. The molecule has 0 bridgehead atoms. The van der Waals surface area contributed by atoms with Gasteiger partial charge >= 0.3 is 0 Å². The third-order valence-corrected chi connectivity index (χ3v) is 5.78. The number of ether oxygens (including phenoxy) is 1. The lowest BCUT2D eigenvalue weighted by Gasteiger charge is -2.18. The molecule has 2 aromatic heterocycles. The maximum atomic E-state index is 14.1. The van der Waals surface area contributed by atoms with Crippen LogP contribution in [0.3, 0.4) is 0 Å². The van der Waals surface area contributed by atoms with Crippen molar-refractivity contribution in [1.82, 2.24) is 15.3 Å². The number of carbonyl (C=O) groups excluding carboxylic acids is 1. The monoisotopic (exact) mass is 463 g/mol. The number of hydrogen-bond acceptors (Lipinski definition) is 5. The summed E-state index contributed by atoms with van der Waals surface area (Å²) in [5, 5.41) is 2.88. The lowest BCUT2D eigenvalue weighted by molar-refractivity contribution is -0.119. The van der Waals surface area contributed by atoms with Gasteiger partial charge in [0.15, 0.2) is 0 Å². The summed E-state index contributed by atoms with van der Waals surface area (Å²) in [4.78, 5) is 20.6. The maximum Gasteiger partial charge on any atom is 0.229 e. The number of hydrogen-bond donors (Lipinski definition) is 1. The van der Waals surface area contributed by atoms with E-state index in [1.165, 1.54) is 18.4 Å². The van der Waals surface area contributed by atoms with Crippen LogP contribution < -0.4 is 10.1 Å². The van der Waals surface area contributed by atoms with Crippen LogP contribution in [0.4, 0.5) is 4.39 Å². The molecule has 0 spiro atoms. The second-order valence-corrected chi connectivity index (χ2v) is 8.23. The van der Waals surface area contributed by atoms with E-state index in [2.05, 4.69) is 15.3 Å². The molecule has 1 atom stereocenters. The van der Waals surface area contributed by atoms with Gasteiger partial charge in [-0.25, -0.2) is 9.37 Å². The molecular weight excluding hydrogens is 445 g/mol. The van der Waals surface area contributed by atoms with Gasteiger partial charge in [0, 0.05) is 30.8 Å². The van der Waals surface area contributed by atoms with Crippen molar-refractivity contribution < 1.29 is 18.3 Å². The molecule has 166 valence electrons. The van der Waals surface area contributed by atoms with Gasteiger partial charge in [0.05, 0.1) is 22.5 Å². The Balaban J connectivity index is 1.66. The highest BCUT2D eigenvalue weighted by Gasteiger charge is 2.26. The molecule has 1 unspecified atom stereocenters. The fourth-order valence-corrected chi connectivity index (χ4v) is 4.05. The Morgan fingerprint density at radius 3 is 2.76 bits per heavy atom. The number of halogens is 2. The Kier molecular flexibility index (Phi) is 5.79. The van der Waals surface area contributed by atoms with Crippen molar-refractivity contribution in [2.24, 2.45) is 5.92 Å². The number of carbonyl (C=O) groups is 1. The highest BCUT2D eigenvalue weighted by atomic mass is 35.5. The van der Waals surface area contributed by atoms with E-state index in [4.69, 9.17) is 20.8 Å². The van der Waals surface area contributed by atoms with Gasteiger partial charge in [0.2, 0.25) is 11.8 Å². The first kappa shape index (κ1) is 21.2. The molecule has 1 fully saturated rings. The smallest absolute Gasteiger partial charge is 0.229 e. The summed E-state index contributed by atoms with van der Waals surface area (Å²) in [6.45, 7) is 0.579. The van der Waals surface area contributed by atoms with E-state index >= 15 is 0 Å². The lowest BCUT2D eigenvalue weighted by Crippen LogP contribution is -2.14. The largest absolute Gasteiger partial charge is 0.456 e. The molecule has 0 saturated carbocycles. The minimum Gasteiger partial charge on any atom is -0.456 e. The summed E-state index contributed by atoms with van der Waals surface area (Å²) in [6.07, 6.45) is 5.75. The third-order valence-electron chi connectivity index (χ3n) is 5.47. The standard InChI is InChI=1S/C25H19ClFN3O3/c26-20-5-4-18(13-21(20)27)33-24-17(9-15-10-23(31)30-14-15)11-16(22-3-1-2-6-28-22)12-19(24)25-29-7-8-32-25/h1-8,11-13,15H,9-10,14H2,(H,30,31). The lowest BCUT2D eigenvalue weighted by atomic mass is 9.93. The van der Waals surface area contributed by atoms with Gasteiger partial charge in [-0.1, -0.05) is 17.7 Å². The van der Waals surface area contributed by atoms with Gasteiger partial charge in [0.1, 0.15) is 23.6 Å². The van der Waals surface area contributed by atoms with E-state index in [1.807, 2.05) is 30.3 Å². The number of benzene rings is 2. The fraction of sp³-hybridized carbons (Fsp3) is 0.160. The normalized spacial score (nSPS) is 15.5. The molecule has 33 heavy (non-hydrogen) atoms. The minimum absolute atomic E-state index is 0.0107. The predicted molar refractivity (Wildman–Crippen MR) is 121 cm³/mol. The molecular formula is C25H19ClFN3O3. The molecule has 1 aliphatic rings. The third kappa shape index (κ3) is 4.59. The van der Waals surface area contributed by atoms with Gasteiger partial charge in [-0.2, -0.15) is 0 Å². The first-order chi connectivity index (χ1) is 16.1. The maximum absolute atomic E-state index is 14.1. The summed E-state index contributed by atoms with van der Waals surface area (Å²) in [6, 6.07) is 13.8. The molecule has 0 aliphatic carbocycles. The number of amides is 1. The van der Waals surface area contributed by atoms with E-state index in [1.54, 1.807) is 18.5 Å². The predicted octanol–water partition coefficient (Wildman–Crippen LogP) is 5.67. The summed E-state index contributed by atoms with van der Waals surface area (Å²) in [5.74, 6) is 0.674. The van der Waals surface area contributed by atoms with Crippen molar-refractivity contribution >= 4 is 17.5 Å². The van der Waals surface area contributed by atoms with Crippen molar-refractivity contribution in [3.05, 3.63) is 83.6 Å². The molecule has 5 rings (SSSR count). The quantitative estimate of drug-likeness (QED) is 0.399. The van der Waals surface area contributed by atoms with Crippen molar-refractivity contribution in [2.75, 3.05) is 6.54 Å². The van der Waals surface area contributed by atoms with E-state index in [0.29, 0.717) is 36.6 Å². The number of oxazole rings is 1. The zero-order valence-electron chi connectivity index (χ0n) is 17.4. The van der Waals surface area contributed by atoms with Crippen LogP contribution in [0.1, 0.15) is 12.0 Å². The molecule has 6 nitrogen and oxygen atoms in total. The summed E-state index contributed by atoms with van der Waals surface area (Å²) < 4.78 is 25.9. The topological polar surface area (TPSA) is 77.2 Å². The molecule has 1 aliphatic heterocycles. The van der Waals surface area contributed by atoms with Crippen molar-refractivity contribution in [2.45, 2.75) is 12.8 Å². The molecule has 8 heteroatoms. The fourth-order valence-electron chi connectivity index (χ4n) is 3.94. The van der Waals surface area contributed by atoms with Crippen LogP contribution in [0, 0.1) is 11.7 Å². The van der Waals surface area contributed by atoms with Crippen LogP contribution >= 0.6 is 11.6 Å². The van der Waals surface area contributed by atoms with Gasteiger partial charge in [-0.05, 0) is 54.3 Å². The Morgan fingerprint density at radius 1 is 1.15 bits per heavy atom. The van der Waals surface area contributed by atoms with E-state index in [9.17, 15) is 9.18 Å². The van der Waals surface area contributed by atoms with Crippen molar-refractivity contribution in [1.29, 1.82) is 0 Å². The zero-order chi connectivity index (χ0) is 22.8. The Labute approximate surface area is 194 Å². The minimum atomic E-state index is -0.580. The highest BCUT2D eigenvalue weighted by Crippen LogP contribution is 2.41. The Hall–Kier alpha value is -3.71. The molecule has 2 aromatic carbocycles. The SMILES string of the molecule is O=C1CC(Cc2cc(-c3ccccn3)cc(-c3ncco3)c2Oc2ccc(Cl)c(F)c2)CN1. The van der Waals surface area contributed by atoms with Crippen LogP contribution in [0.2, 0.25) is 5.02 Å². The van der Waals surface area contributed by atoms with E-state index in [-0.39, 0.29) is 22.6 Å². The van der Waals surface area contributed by atoms with Gasteiger partial charge in [0.25, 0.3) is 0 Å². The number of pyridine rings is 1. The van der Waals surface area contributed by atoms with Gasteiger partial charge in [-0.3, -0.25) is 9.78 Å². The van der Waals surface area contributed by atoms with Crippen LogP contribution in [0.15, 0.2) is 71.6 Å². The van der Waals surface area contributed by atoms with Crippen LogP contribution in [-0.2, 0) is 11.2 Å². The number of nitrogens with one attached hydrogen (secondary N) is 1. The highest BCUT2D eigenvalue weighted by molar-refractivity contribution is 6.30. The Morgan fingerprint density at radius 2 is 2.06 bits per heavy atom. The molecule has 1 amide bonds. The van der Waals surface area contributed by atoms with Gasteiger partial charge < -0.3 is 14.5 Å². The molecule has 1 saturated heterocycles.